The molecule has 0 aliphatic heterocycles. The number of nitrogens with zero attached hydrogens (tertiary/aromatic N) is 2. The van der Waals surface area contributed by atoms with Crippen molar-refractivity contribution >= 4 is 0 Å². The third-order valence-corrected chi connectivity index (χ3v) is 1.27. The van der Waals surface area contributed by atoms with E-state index in [9.17, 15) is 8.78 Å². The first-order chi connectivity index (χ1) is 6.75. The maximum atomic E-state index is 12.0. The summed E-state index contributed by atoms with van der Waals surface area (Å²) in [5.41, 5.74) is -0.0116. The average Bonchev–Trinajstić information content (AvgIpc) is 2.71. The third-order valence-electron chi connectivity index (χ3n) is 1.27. The molecule has 0 spiro atoms. The molecule has 0 N–H and O–H groups in total. The van der Waals surface area contributed by atoms with E-state index in [1.165, 1.54) is 16.9 Å². The Morgan fingerprint density at radius 3 is 2.07 bits per heavy atom. The van der Waals surface area contributed by atoms with E-state index in [2.05, 4.69) is 5.10 Å². The Morgan fingerprint density at radius 1 is 1.29 bits per heavy atom. The summed E-state index contributed by atoms with van der Waals surface area (Å²) < 4.78 is 25.3. The molecule has 0 radical (unpaired) electrons. The Bertz CT molecular complexity index is 210. The van der Waals surface area contributed by atoms with Gasteiger partial charge in [-0.3, -0.25) is 4.68 Å². The highest BCUT2D eigenvalue weighted by Gasteiger charge is 2.10. The molecule has 4 heteroatoms. The summed E-state index contributed by atoms with van der Waals surface area (Å²) in [7, 11) is 0. The molecule has 0 fully saturated rings. The second-order valence-electron chi connectivity index (χ2n) is 1.87. The number of aromatic nitrogens is 2. The maximum Gasteiger partial charge on any atom is 0.280 e. The van der Waals surface area contributed by atoms with Crippen LogP contribution >= 0.6 is 0 Å². The molecule has 1 rings (SSSR count). The summed E-state index contributed by atoms with van der Waals surface area (Å²) in [5.74, 6) is 0. The Hall–Kier alpha value is -0.930. The SMILES string of the molecule is CC.CC.CCn1nccc1C(F)F. The third kappa shape index (κ3) is 4.94. The van der Waals surface area contributed by atoms with Crippen LogP contribution in [-0.2, 0) is 6.54 Å². The number of aryl methyl sites for hydroxylation is 1. The van der Waals surface area contributed by atoms with E-state index < -0.39 is 6.43 Å². The monoisotopic (exact) mass is 206 g/mol. The van der Waals surface area contributed by atoms with Crippen LogP contribution in [-0.4, -0.2) is 9.78 Å². The van der Waals surface area contributed by atoms with Gasteiger partial charge in [-0.15, -0.1) is 0 Å². The molecule has 0 amide bonds. The lowest BCUT2D eigenvalue weighted by Gasteiger charge is -2.00. The molecule has 0 bridgehead atoms. The zero-order chi connectivity index (χ0) is 11.6. The first kappa shape index (κ1) is 15.5. The molecule has 1 aromatic heterocycles. The van der Waals surface area contributed by atoms with Gasteiger partial charge in [-0.2, -0.15) is 5.10 Å². The van der Waals surface area contributed by atoms with Crippen molar-refractivity contribution < 1.29 is 8.78 Å². The van der Waals surface area contributed by atoms with Crippen molar-refractivity contribution in [3.63, 3.8) is 0 Å². The first-order valence-electron chi connectivity index (χ1n) is 5.05. The van der Waals surface area contributed by atoms with Crippen molar-refractivity contribution in [2.75, 3.05) is 0 Å². The number of alkyl halides is 2. The summed E-state index contributed by atoms with van der Waals surface area (Å²) in [6.45, 7) is 10.3. The van der Waals surface area contributed by atoms with E-state index in [-0.39, 0.29) is 5.69 Å². The van der Waals surface area contributed by atoms with Gasteiger partial charge in [-0.25, -0.2) is 8.78 Å². The molecule has 0 unspecified atom stereocenters. The second kappa shape index (κ2) is 10.2. The van der Waals surface area contributed by atoms with Gasteiger partial charge in [0.2, 0.25) is 0 Å². The van der Waals surface area contributed by atoms with Crippen molar-refractivity contribution in [1.29, 1.82) is 0 Å². The highest BCUT2D eigenvalue weighted by Crippen LogP contribution is 2.16. The molecule has 0 aliphatic carbocycles. The van der Waals surface area contributed by atoms with E-state index in [4.69, 9.17) is 0 Å². The summed E-state index contributed by atoms with van der Waals surface area (Å²) in [4.78, 5) is 0. The minimum atomic E-state index is -2.41. The van der Waals surface area contributed by atoms with Gasteiger partial charge in [0, 0.05) is 12.7 Å². The van der Waals surface area contributed by atoms with Gasteiger partial charge in [0.1, 0.15) is 5.69 Å². The minimum absolute atomic E-state index is 0.0116. The van der Waals surface area contributed by atoms with Crippen molar-refractivity contribution in [3.05, 3.63) is 18.0 Å². The van der Waals surface area contributed by atoms with Gasteiger partial charge in [0.15, 0.2) is 0 Å². The van der Waals surface area contributed by atoms with Crippen LogP contribution in [0.2, 0.25) is 0 Å². The number of halogens is 2. The fraction of sp³-hybridized carbons (Fsp3) is 0.700. The van der Waals surface area contributed by atoms with Crippen LogP contribution in [0.4, 0.5) is 8.78 Å². The summed E-state index contributed by atoms with van der Waals surface area (Å²) >= 11 is 0. The Balaban J connectivity index is 0. The number of hydrogen-bond donors (Lipinski definition) is 0. The van der Waals surface area contributed by atoms with Gasteiger partial charge < -0.3 is 0 Å². The Kier molecular flexibility index (Phi) is 11.3. The largest absolute Gasteiger partial charge is 0.280 e. The Labute approximate surface area is 84.9 Å². The predicted octanol–water partition coefficient (Wildman–Crippen LogP) is 3.89. The van der Waals surface area contributed by atoms with E-state index >= 15 is 0 Å². The minimum Gasteiger partial charge on any atom is -0.264 e. The van der Waals surface area contributed by atoms with Gasteiger partial charge in [-0.05, 0) is 13.0 Å². The van der Waals surface area contributed by atoms with Crippen LogP contribution in [0.3, 0.4) is 0 Å². The molecule has 0 saturated carbocycles. The van der Waals surface area contributed by atoms with Crippen molar-refractivity contribution in [2.45, 2.75) is 47.6 Å². The van der Waals surface area contributed by atoms with E-state index in [1.807, 2.05) is 27.7 Å². The Morgan fingerprint density at radius 2 is 1.79 bits per heavy atom. The quantitative estimate of drug-likeness (QED) is 0.717. The molecular formula is C10H20F2N2. The molecule has 14 heavy (non-hydrogen) atoms. The van der Waals surface area contributed by atoms with Crippen LogP contribution in [0.25, 0.3) is 0 Å². The van der Waals surface area contributed by atoms with Crippen LogP contribution in [0, 0.1) is 0 Å². The van der Waals surface area contributed by atoms with Crippen molar-refractivity contribution in [3.8, 4) is 0 Å². The second-order valence-corrected chi connectivity index (χ2v) is 1.87. The zero-order valence-electron chi connectivity index (χ0n) is 9.59. The number of rotatable bonds is 2. The van der Waals surface area contributed by atoms with E-state index in [0.717, 1.165) is 0 Å². The lowest BCUT2D eigenvalue weighted by atomic mass is 10.4. The topological polar surface area (TPSA) is 17.8 Å². The molecule has 0 atom stereocenters. The van der Waals surface area contributed by atoms with Gasteiger partial charge in [-0.1, -0.05) is 27.7 Å². The molecule has 1 heterocycles. The lowest BCUT2D eigenvalue weighted by molar-refractivity contribution is 0.139. The molecule has 0 aromatic carbocycles. The summed E-state index contributed by atoms with van der Waals surface area (Å²) in [5, 5.41) is 3.69. The van der Waals surface area contributed by atoms with Gasteiger partial charge >= 0.3 is 0 Å². The summed E-state index contributed by atoms with van der Waals surface area (Å²) in [6.07, 6.45) is -1.03. The van der Waals surface area contributed by atoms with Crippen LogP contribution < -0.4 is 0 Å². The molecule has 1 aromatic rings. The smallest absolute Gasteiger partial charge is 0.264 e. The summed E-state index contributed by atoms with van der Waals surface area (Å²) in [6, 6.07) is 1.33. The van der Waals surface area contributed by atoms with Gasteiger partial charge in [0.05, 0.1) is 0 Å². The van der Waals surface area contributed by atoms with Crippen molar-refractivity contribution in [1.82, 2.24) is 9.78 Å². The van der Waals surface area contributed by atoms with Crippen LogP contribution in [0.5, 0.6) is 0 Å². The molecular weight excluding hydrogens is 186 g/mol. The fourth-order valence-corrected chi connectivity index (χ4v) is 0.792. The molecule has 84 valence electrons. The molecule has 0 aliphatic rings. The first-order valence-corrected chi connectivity index (χ1v) is 5.05. The average molecular weight is 206 g/mol. The molecule has 2 nitrogen and oxygen atoms in total. The highest BCUT2D eigenvalue weighted by molar-refractivity contribution is 5.01. The predicted molar refractivity (Wildman–Crippen MR) is 55.6 cm³/mol. The number of hydrogen-bond acceptors (Lipinski definition) is 1. The van der Waals surface area contributed by atoms with Crippen LogP contribution in [0.15, 0.2) is 12.3 Å². The van der Waals surface area contributed by atoms with Gasteiger partial charge in [0.25, 0.3) is 6.43 Å². The highest BCUT2D eigenvalue weighted by atomic mass is 19.3. The van der Waals surface area contributed by atoms with Crippen molar-refractivity contribution in [2.24, 2.45) is 0 Å². The van der Waals surface area contributed by atoms with Crippen LogP contribution in [0.1, 0.15) is 46.7 Å². The maximum absolute atomic E-state index is 12.0. The fourth-order valence-electron chi connectivity index (χ4n) is 0.792. The molecule has 0 saturated heterocycles. The lowest BCUT2D eigenvalue weighted by Crippen LogP contribution is -2.02. The zero-order valence-corrected chi connectivity index (χ0v) is 9.59. The van der Waals surface area contributed by atoms with E-state index in [0.29, 0.717) is 6.54 Å². The normalized spacial score (nSPS) is 8.57. The standard InChI is InChI=1S/C6H8F2N2.2C2H6/c1-2-10-5(6(7)8)3-4-9-10;2*1-2/h3-4,6H,2H2,1H3;2*1-2H3. The van der Waals surface area contributed by atoms with E-state index in [1.54, 1.807) is 6.92 Å².